The fourth-order valence-corrected chi connectivity index (χ4v) is 2.90. The molecule has 0 aliphatic carbocycles. The van der Waals surface area contributed by atoms with E-state index in [1.165, 1.54) is 6.92 Å². The third kappa shape index (κ3) is 4.02. The molecule has 0 radical (unpaired) electrons. The van der Waals surface area contributed by atoms with Crippen LogP contribution < -0.4 is 15.0 Å². The molecule has 0 saturated carbocycles. The van der Waals surface area contributed by atoms with Crippen LogP contribution in [0.2, 0.25) is 0 Å². The highest BCUT2D eigenvalue weighted by molar-refractivity contribution is 5.96. The number of nitrogens with zero attached hydrogens (tertiary/aromatic N) is 2. The van der Waals surface area contributed by atoms with Gasteiger partial charge in [-0.1, -0.05) is 0 Å². The van der Waals surface area contributed by atoms with Crippen molar-refractivity contribution in [1.82, 2.24) is 0 Å². The lowest BCUT2D eigenvalue weighted by Crippen LogP contribution is -2.25. The Morgan fingerprint density at radius 2 is 2.07 bits per heavy atom. The van der Waals surface area contributed by atoms with Gasteiger partial charge in [0.25, 0.3) is 5.91 Å². The zero-order valence-electron chi connectivity index (χ0n) is 14.4. The number of carbonyl (C=O) groups excluding carboxylic acids is 2. The van der Waals surface area contributed by atoms with E-state index in [1.807, 2.05) is 0 Å². The van der Waals surface area contributed by atoms with E-state index in [1.54, 1.807) is 23.1 Å². The predicted octanol–water partition coefficient (Wildman–Crippen LogP) is 2.66. The summed E-state index contributed by atoms with van der Waals surface area (Å²) >= 11 is 0. The van der Waals surface area contributed by atoms with Crippen LogP contribution in [0.15, 0.2) is 36.4 Å². The van der Waals surface area contributed by atoms with E-state index in [0.29, 0.717) is 18.7 Å². The van der Waals surface area contributed by atoms with E-state index >= 15 is 0 Å². The fourth-order valence-electron chi connectivity index (χ4n) is 2.90. The Hall–Kier alpha value is -3.49. The summed E-state index contributed by atoms with van der Waals surface area (Å²) in [6.45, 7) is 1.57. The van der Waals surface area contributed by atoms with Gasteiger partial charge in [-0.15, -0.1) is 0 Å². The topological polar surface area (TPSA) is 102 Å². The highest BCUT2D eigenvalue weighted by Crippen LogP contribution is 2.31. The van der Waals surface area contributed by atoms with E-state index in [9.17, 15) is 24.1 Å². The molecule has 27 heavy (non-hydrogen) atoms. The number of benzene rings is 2. The van der Waals surface area contributed by atoms with Crippen LogP contribution in [0.25, 0.3) is 0 Å². The Labute approximate surface area is 153 Å². The molecular formula is C18H16FN3O5. The molecule has 1 heterocycles. The van der Waals surface area contributed by atoms with Crippen molar-refractivity contribution in [2.75, 3.05) is 23.4 Å². The average molecular weight is 373 g/mol. The maximum Gasteiger partial charge on any atom is 0.311 e. The molecule has 1 aliphatic heterocycles. The summed E-state index contributed by atoms with van der Waals surface area (Å²) < 4.78 is 18.4. The molecule has 140 valence electrons. The lowest BCUT2D eigenvalue weighted by Gasteiger charge is -2.15. The summed E-state index contributed by atoms with van der Waals surface area (Å²) in [6.07, 6.45) is 0.685. The van der Waals surface area contributed by atoms with Crippen molar-refractivity contribution in [1.29, 1.82) is 0 Å². The molecule has 2 aromatic rings. The molecule has 8 nitrogen and oxygen atoms in total. The number of nitro benzene ring substituents is 1. The van der Waals surface area contributed by atoms with Gasteiger partial charge in [0, 0.05) is 37.0 Å². The van der Waals surface area contributed by atoms with Gasteiger partial charge in [0.1, 0.15) is 5.82 Å². The van der Waals surface area contributed by atoms with Crippen LogP contribution in [-0.4, -0.2) is 29.9 Å². The number of nitrogens with one attached hydrogen (secondary N) is 1. The lowest BCUT2D eigenvalue weighted by molar-refractivity contribution is -0.385. The van der Waals surface area contributed by atoms with Gasteiger partial charge in [0.05, 0.1) is 4.92 Å². The first-order valence-corrected chi connectivity index (χ1v) is 8.13. The maximum atomic E-state index is 13.3. The van der Waals surface area contributed by atoms with Gasteiger partial charge >= 0.3 is 5.69 Å². The van der Waals surface area contributed by atoms with Crippen molar-refractivity contribution in [3.63, 3.8) is 0 Å². The van der Waals surface area contributed by atoms with Crippen LogP contribution in [0.1, 0.15) is 12.5 Å². The van der Waals surface area contributed by atoms with Gasteiger partial charge in [-0.25, -0.2) is 4.39 Å². The molecular weight excluding hydrogens is 357 g/mol. The molecule has 1 N–H and O–H groups in total. The fraction of sp³-hybridized carbons (Fsp3) is 0.222. The second-order valence-corrected chi connectivity index (χ2v) is 5.97. The number of carbonyl (C=O) groups is 2. The molecule has 0 atom stereocenters. The summed E-state index contributed by atoms with van der Waals surface area (Å²) in [6, 6.07) is 7.95. The van der Waals surface area contributed by atoms with E-state index in [4.69, 9.17) is 4.74 Å². The molecule has 0 unspecified atom stereocenters. The van der Waals surface area contributed by atoms with Crippen LogP contribution in [0.5, 0.6) is 5.75 Å². The molecule has 9 heteroatoms. The summed E-state index contributed by atoms with van der Waals surface area (Å²) in [5.74, 6) is -1.61. The summed E-state index contributed by atoms with van der Waals surface area (Å²) in [7, 11) is 0. The SMILES string of the molecule is CC(=O)N1CCc2cc(NC(=O)COc3cc(F)ccc3[N+](=O)[O-])ccc21. The molecule has 0 aromatic heterocycles. The molecule has 1 aliphatic rings. The minimum Gasteiger partial charge on any atom is -0.477 e. The standard InChI is InChI=1S/C18H16FN3O5/c1-11(23)21-7-6-12-8-14(3-5-15(12)21)20-18(24)10-27-17-9-13(19)2-4-16(17)22(25)26/h2-5,8-9H,6-7,10H2,1H3,(H,20,24). The molecule has 2 amide bonds. The van der Waals surface area contributed by atoms with Gasteiger partial charge in [-0.2, -0.15) is 0 Å². The third-order valence-electron chi connectivity index (χ3n) is 4.12. The zero-order chi connectivity index (χ0) is 19.6. The second-order valence-electron chi connectivity index (χ2n) is 5.97. The van der Waals surface area contributed by atoms with Crippen molar-refractivity contribution in [3.05, 3.63) is 57.9 Å². The number of rotatable bonds is 5. The van der Waals surface area contributed by atoms with Crippen LogP contribution in [0, 0.1) is 15.9 Å². The number of anilines is 2. The van der Waals surface area contributed by atoms with E-state index in [-0.39, 0.29) is 11.7 Å². The van der Waals surface area contributed by atoms with E-state index < -0.39 is 28.9 Å². The van der Waals surface area contributed by atoms with Gasteiger partial charge in [-0.3, -0.25) is 19.7 Å². The second kappa shape index (κ2) is 7.40. The largest absolute Gasteiger partial charge is 0.477 e. The van der Waals surface area contributed by atoms with E-state index in [2.05, 4.69) is 5.32 Å². The lowest BCUT2D eigenvalue weighted by atomic mass is 10.1. The number of ether oxygens (including phenoxy) is 1. The van der Waals surface area contributed by atoms with Gasteiger partial charge < -0.3 is 15.0 Å². The summed E-state index contributed by atoms with van der Waals surface area (Å²) in [4.78, 5) is 35.5. The van der Waals surface area contributed by atoms with Crippen LogP contribution in [0.4, 0.5) is 21.5 Å². The van der Waals surface area contributed by atoms with Crippen molar-refractivity contribution >= 4 is 28.9 Å². The summed E-state index contributed by atoms with van der Waals surface area (Å²) in [5, 5.41) is 13.5. The maximum absolute atomic E-state index is 13.3. The van der Waals surface area contributed by atoms with Crippen molar-refractivity contribution < 1.29 is 23.6 Å². The Morgan fingerprint density at radius 3 is 2.78 bits per heavy atom. The highest BCUT2D eigenvalue weighted by atomic mass is 19.1. The van der Waals surface area contributed by atoms with Crippen molar-refractivity contribution in [2.45, 2.75) is 13.3 Å². The normalized spacial score (nSPS) is 12.4. The molecule has 0 bridgehead atoms. The molecule has 0 fully saturated rings. The molecule has 0 spiro atoms. The van der Waals surface area contributed by atoms with Crippen LogP contribution >= 0.6 is 0 Å². The number of hydrogen-bond donors (Lipinski definition) is 1. The van der Waals surface area contributed by atoms with Gasteiger partial charge in [0.15, 0.2) is 6.61 Å². The van der Waals surface area contributed by atoms with Crippen LogP contribution in [-0.2, 0) is 16.0 Å². The Kier molecular flexibility index (Phi) is 5.02. The molecule has 2 aromatic carbocycles. The van der Waals surface area contributed by atoms with Crippen molar-refractivity contribution in [2.24, 2.45) is 0 Å². The Bertz CT molecular complexity index is 931. The molecule has 3 rings (SSSR count). The summed E-state index contributed by atoms with van der Waals surface area (Å²) in [5.41, 5.74) is 1.84. The van der Waals surface area contributed by atoms with E-state index in [0.717, 1.165) is 29.4 Å². The Morgan fingerprint density at radius 1 is 1.30 bits per heavy atom. The van der Waals surface area contributed by atoms with Crippen molar-refractivity contribution in [3.8, 4) is 5.75 Å². The average Bonchev–Trinajstić information content (AvgIpc) is 3.03. The monoisotopic (exact) mass is 373 g/mol. The number of nitro groups is 1. The number of amides is 2. The van der Waals surface area contributed by atoms with Gasteiger partial charge in [0.2, 0.25) is 11.7 Å². The number of halogens is 1. The molecule has 0 saturated heterocycles. The zero-order valence-corrected chi connectivity index (χ0v) is 14.4. The Balaban J connectivity index is 1.65. The first-order valence-electron chi connectivity index (χ1n) is 8.13. The number of hydrogen-bond acceptors (Lipinski definition) is 5. The minimum absolute atomic E-state index is 0.0457. The first kappa shape index (κ1) is 18.3. The van der Waals surface area contributed by atoms with Gasteiger partial charge in [-0.05, 0) is 36.2 Å². The van der Waals surface area contributed by atoms with Crippen LogP contribution in [0.3, 0.4) is 0 Å². The number of fused-ring (bicyclic) bond motifs is 1. The highest BCUT2D eigenvalue weighted by Gasteiger charge is 2.22. The predicted molar refractivity (Wildman–Crippen MR) is 95.4 cm³/mol. The quantitative estimate of drug-likeness (QED) is 0.641. The first-order chi connectivity index (χ1) is 12.8. The third-order valence-corrected chi connectivity index (χ3v) is 4.12. The minimum atomic E-state index is -0.714. The smallest absolute Gasteiger partial charge is 0.311 e.